The van der Waals surface area contributed by atoms with Gasteiger partial charge >= 0.3 is 5.97 Å². The lowest BCUT2D eigenvalue weighted by Crippen LogP contribution is -1.98. The minimum Gasteiger partial charge on any atom is -0.478 e. The number of hydrogen-bond acceptors (Lipinski definition) is 1. The molecule has 4 aromatic carbocycles. The Morgan fingerprint density at radius 2 is 0.852 bits per heavy atom. The van der Waals surface area contributed by atoms with E-state index in [9.17, 15) is 4.79 Å². The molecule has 4 aromatic rings. The van der Waals surface area contributed by atoms with Crippen LogP contribution in [0.25, 0.3) is 22.3 Å². The lowest BCUT2D eigenvalue weighted by atomic mass is 10.00. The highest BCUT2D eigenvalue weighted by Crippen LogP contribution is 2.23. The van der Waals surface area contributed by atoms with Gasteiger partial charge in [-0.3, -0.25) is 0 Å². The molecule has 0 atom stereocenters. The molecule has 132 valence electrons. The molecule has 4 rings (SSSR count). The maximum absolute atomic E-state index is 11.0. The van der Waals surface area contributed by atoms with Crippen molar-refractivity contribution in [2.24, 2.45) is 0 Å². The van der Waals surface area contributed by atoms with Gasteiger partial charge in [-0.25, -0.2) is 4.79 Å². The summed E-state index contributed by atoms with van der Waals surface area (Å²) in [6.45, 7) is 0. The third-order valence-corrected chi connectivity index (χ3v) is 4.12. The Morgan fingerprint density at radius 1 is 0.481 bits per heavy atom. The van der Waals surface area contributed by atoms with Crippen LogP contribution in [-0.2, 0) is 0 Å². The first-order valence-electron chi connectivity index (χ1n) is 8.74. The summed E-state index contributed by atoms with van der Waals surface area (Å²) in [5.41, 5.74) is 4.57. The molecule has 0 saturated heterocycles. The molecule has 0 aromatic heterocycles. The zero-order valence-electron chi connectivity index (χ0n) is 14.8. The van der Waals surface area contributed by atoms with Crippen LogP contribution in [0.5, 0.6) is 0 Å². The van der Waals surface area contributed by atoms with Crippen molar-refractivity contribution >= 4 is 5.97 Å². The van der Waals surface area contributed by atoms with Crippen LogP contribution in [0, 0.1) is 0 Å². The second-order valence-electron chi connectivity index (χ2n) is 5.95. The van der Waals surface area contributed by atoms with Crippen LogP contribution in [0.4, 0.5) is 0 Å². The Balaban J connectivity index is 0.000000159. The molecule has 2 nitrogen and oxygen atoms in total. The minimum atomic E-state index is -0.894. The van der Waals surface area contributed by atoms with E-state index in [1.807, 2.05) is 54.6 Å². The van der Waals surface area contributed by atoms with Gasteiger partial charge in [0.2, 0.25) is 0 Å². The van der Waals surface area contributed by atoms with Gasteiger partial charge in [-0.15, -0.1) is 0 Å². The number of aromatic carboxylic acids is 1. The number of rotatable bonds is 3. The first-order valence-corrected chi connectivity index (χ1v) is 8.74. The summed E-state index contributed by atoms with van der Waals surface area (Å²) in [4.78, 5) is 11.0. The first kappa shape index (κ1) is 18.2. The smallest absolute Gasteiger partial charge is 0.336 e. The Morgan fingerprint density at radius 3 is 1.30 bits per heavy atom. The summed E-state index contributed by atoms with van der Waals surface area (Å²) in [7, 11) is 0. The fourth-order valence-corrected chi connectivity index (χ4v) is 2.80. The van der Waals surface area contributed by atoms with Crippen molar-refractivity contribution in [2.75, 3.05) is 0 Å². The van der Waals surface area contributed by atoms with Gasteiger partial charge in [0.05, 0.1) is 5.56 Å². The van der Waals surface area contributed by atoms with Gasteiger partial charge in [0.15, 0.2) is 0 Å². The van der Waals surface area contributed by atoms with Gasteiger partial charge in [0.25, 0.3) is 0 Å². The quantitative estimate of drug-likeness (QED) is 0.463. The molecule has 0 aliphatic carbocycles. The van der Waals surface area contributed by atoms with Gasteiger partial charge in [0.1, 0.15) is 0 Å². The maximum atomic E-state index is 11.0. The molecule has 0 aliphatic rings. The zero-order chi connectivity index (χ0) is 18.9. The molecule has 0 unspecified atom stereocenters. The number of hydrogen-bond donors (Lipinski definition) is 1. The largest absolute Gasteiger partial charge is 0.478 e. The highest BCUT2D eigenvalue weighted by atomic mass is 16.4. The highest BCUT2D eigenvalue weighted by Gasteiger charge is 2.09. The van der Waals surface area contributed by atoms with Crippen LogP contribution in [0.3, 0.4) is 0 Å². The fourth-order valence-electron chi connectivity index (χ4n) is 2.80. The van der Waals surface area contributed by atoms with Gasteiger partial charge in [-0.2, -0.15) is 0 Å². The van der Waals surface area contributed by atoms with E-state index in [0.29, 0.717) is 5.56 Å². The van der Waals surface area contributed by atoms with Gasteiger partial charge in [0, 0.05) is 0 Å². The molecular weight excluding hydrogens is 332 g/mol. The molecule has 0 amide bonds. The van der Waals surface area contributed by atoms with Crippen molar-refractivity contribution in [3.63, 3.8) is 0 Å². The average Bonchev–Trinajstić information content (AvgIpc) is 2.76. The summed E-state index contributed by atoms with van der Waals surface area (Å²) in [6, 6.07) is 37.3. The molecule has 2 heteroatoms. The Kier molecular flexibility index (Phi) is 6.16. The van der Waals surface area contributed by atoms with Gasteiger partial charge < -0.3 is 5.11 Å². The topological polar surface area (TPSA) is 37.3 Å². The van der Waals surface area contributed by atoms with Crippen molar-refractivity contribution < 1.29 is 9.90 Å². The van der Waals surface area contributed by atoms with Gasteiger partial charge in [-0.05, 0) is 28.3 Å². The van der Waals surface area contributed by atoms with Crippen LogP contribution in [0.1, 0.15) is 10.4 Å². The molecule has 0 heterocycles. The molecule has 0 spiro atoms. The van der Waals surface area contributed by atoms with Crippen LogP contribution in [0.15, 0.2) is 115 Å². The summed E-state index contributed by atoms with van der Waals surface area (Å²) < 4.78 is 0. The number of benzene rings is 4. The summed E-state index contributed by atoms with van der Waals surface area (Å²) >= 11 is 0. The third-order valence-electron chi connectivity index (χ3n) is 4.12. The van der Waals surface area contributed by atoms with E-state index in [2.05, 4.69) is 48.5 Å². The first-order chi connectivity index (χ1) is 13.3. The summed E-state index contributed by atoms with van der Waals surface area (Å²) in [6.07, 6.45) is 0. The minimum absolute atomic E-state index is 0.337. The normalized spacial score (nSPS) is 9.78. The van der Waals surface area contributed by atoms with Gasteiger partial charge in [-0.1, -0.05) is 109 Å². The van der Waals surface area contributed by atoms with Crippen molar-refractivity contribution in [1.29, 1.82) is 0 Å². The Bertz CT molecular complexity index is 941. The molecule has 0 fully saturated rings. The molecule has 1 N–H and O–H groups in total. The molecule has 27 heavy (non-hydrogen) atoms. The predicted molar refractivity (Wildman–Crippen MR) is 111 cm³/mol. The molecule has 0 saturated carbocycles. The number of carboxylic acid groups (broad SMARTS) is 1. The summed E-state index contributed by atoms with van der Waals surface area (Å²) in [5, 5.41) is 9.03. The van der Waals surface area contributed by atoms with Crippen molar-refractivity contribution in [3.05, 3.63) is 121 Å². The highest BCUT2D eigenvalue weighted by molar-refractivity contribution is 5.95. The van der Waals surface area contributed by atoms with E-state index in [1.54, 1.807) is 12.1 Å². The van der Waals surface area contributed by atoms with E-state index in [0.717, 1.165) is 11.1 Å². The fraction of sp³-hybridized carbons (Fsp3) is 0. The van der Waals surface area contributed by atoms with Crippen molar-refractivity contribution in [3.8, 4) is 22.3 Å². The second kappa shape index (κ2) is 9.16. The molecule has 0 aliphatic heterocycles. The summed E-state index contributed by atoms with van der Waals surface area (Å²) in [5.74, 6) is -0.894. The van der Waals surface area contributed by atoms with Crippen molar-refractivity contribution in [2.45, 2.75) is 0 Å². The maximum Gasteiger partial charge on any atom is 0.336 e. The Hall–Kier alpha value is -3.65. The number of carboxylic acids is 1. The second-order valence-corrected chi connectivity index (χ2v) is 5.95. The lowest BCUT2D eigenvalue weighted by Gasteiger charge is -2.05. The molecular formula is C25H20O2. The SMILES string of the molecule is O=C(O)c1ccccc1-c1ccccc1.c1ccc(-c2ccccc2)cc1. The molecule has 0 bridgehead atoms. The zero-order valence-corrected chi connectivity index (χ0v) is 14.8. The Labute approximate surface area is 159 Å². The van der Waals surface area contributed by atoms with Crippen LogP contribution < -0.4 is 0 Å². The number of carbonyl (C=O) groups is 1. The standard InChI is InChI=1S/C13H10O2.C12H10/c14-13(15)12-9-5-4-8-11(12)10-6-2-1-3-7-10;1-3-7-11(8-4-1)12-9-5-2-6-10-12/h1-9H,(H,14,15);1-10H. The lowest BCUT2D eigenvalue weighted by molar-refractivity contribution is 0.0697. The van der Waals surface area contributed by atoms with E-state index in [4.69, 9.17) is 5.11 Å². The van der Waals surface area contributed by atoms with Crippen LogP contribution >= 0.6 is 0 Å². The van der Waals surface area contributed by atoms with Crippen LogP contribution in [0.2, 0.25) is 0 Å². The van der Waals surface area contributed by atoms with E-state index < -0.39 is 5.97 Å². The predicted octanol–water partition coefficient (Wildman–Crippen LogP) is 6.41. The third kappa shape index (κ3) is 4.93. The van der Waals surface area contributed by atoms with E-state index in [-0.39, 0.29) is 0 Å². The van der Waals surface area contributed by atoms with Crippen molar-refractivity contribution in [1.82, 2.24) is 0 Å². The van der Waals surface area contributed by atoms with E-state index in [1.165, 1.54) is 11.1 Å². The molecule has 0 radical (unpaired) electrons. The average molecular weight is 352 g/mol. The monoisotopic (exact) mass is 352 g/mol. The van der Waals surface area contributed by atoms with E-state index >= 15 is 0 Å². The van der Waals surface area contributed by atoms with Crippen LogP contribution in [-0.4, -0.2) is 11.1 Å².